The highest BCUT2D eigenvalue weighted by Crippen LogP contribution is 2.20. The zero-order chi connectivity index (χ0) is 15.4. The molecule has 3 aromatic rings. The molecule has 0 bridgehead atoms. The predicted octanol–water partition coefficient (Wildman–Crippen LogP) is 2.93. The number of aromatic nitrogens is 2. The molecule has 6 heteroatoms. The molecule has 0 aliphatic heterocycles. The molecule has 0 saturated heterocycles. The van der Waals surface area contributed by atoms with Gasteiger partial charge >= 0.3 is 0 Å². The highest BCUT2D eigenvalue weighted by atomic mass is 16.3. The first-order valence-corrected chi connectivity index (χ1v) is 7.15. The molecule has 6 nitrogen and oxygen atoms in total. The van der Waals surface area contributed by atoms with Crippen LogP contribution in [-0.4, -0.2) is 22.6 Å². The summed E-state index contributed by atoms with van der Waals surface area (Å²) >= 11 is 0. The van der Waals surface area contributed by atoms with Crippen molar-refractivity contribution in [3.05, 3.63) is 53.8 Å². The Morgan fingerprint density at radius 1 is 1.36 bits per heavy atom. The van der Waals surface area contributed by atoms with Crippen LogP contribution in [0.3, 0.4) is 0 Å². The molecule has 0 unspecified atom stereocenters. The number of rotatable bonds is 6. The maximum atomic E-state index is 12.0. The smallest absolute Gasteiger partial charge is 0.271 e. The van der Waals surface area contributed by atoms with Crippen LogP contribution in [-0.2, 0) is 6.42 Å². The van der Waals surface area contributed by atoms with Crippen molar-refractivity contribution in [1.29, 1.82) is 0 Å². The highest BCUT2D eigenvalue weighted by Gasteiger charge is 2.12. The summed E-state index contributed by atoms with van der Waals surface area (Å²) in [5.41, 5.74) is 1.04. The number of hydrogen-bond acceptors (Lipinski definition) is 4. The molecule has 3 rings (SSSR count). The van der Waals surface area contributed by atoms with Gasteiger partial charge in [0.2, 0.25) is 0 Å². The van der Waals surface area contributed by atoms with Gasteiger partial charge in [0.05, 0.1) is 6.26 Å². The van der Waals surface area contributed by atoms with E-state index in [0.29, 0.717) is 23.7 Å². The van der Waals surface area contributed by atoms with E-state index in [1.807, 2.05) is 31.2 Å². The van der Waals surface area contributed by atoms with Crippen LogP contribution in [0, 0.1) is 6.92 Å². The van der Waals surface area contributed by atoms with Gasteiger partial charge in [0.25, 0.3) is 5.91 Å². The van der Waals surface area contributed by atoms with E-state index >= 15 is 0 Å². The third-order valence-corrected chi connectivity index (χ3v) is 3.28. The number of amides is 1. The van der Waals surface area contributed by atoms with E-state index in [1.54, 1.807) is 12.3 Å². The van der Waals surface area contributed by atoms with E-state index < -0.39 is 0 Å². The van der Waals surface area contributed by atoms with Crippen molar-refractivity contribution in [1.82, 2.24) is 15.5 Å². The molecular weight excluding hydrogens is 282 g/mol. The maximum Gasteiger partial charge on any atom is 0.271 e. The second-order valence-electron chi connectivity index (χ2n) is 5.02. The van der Waals surface area contributed by atoms with E-state index in [-0.39, 0.29) is 5.91 Å². The van der Waals surface area contributed by atoms with Crippen molar-refractivity contribution in [2.45, 2.75) is 19.8 Å². The molecule has 0 spiro atoms. The molecule has 3 heterocycles. The Balaban J connectivity index is 1.51. The van der Waals surface area contributed by atoms with Crippen LogP contribution in [0.15, 0.2) is 45.4 Å². The van der Waals surface area contributed by atoms with E-state index in [2.05, 4.69) is 15.5 Å². The van der Waals surface area contributed by atoms with Crippen LogP contribution in [0.4, 0.5) is 0 Å². The van der Waals surface area contributed by atoms with Gasteiger partial charge in [0.15, 0.2) is 11.5 Å². The van der Waals surface area contributed by atoms with Crippen LogP contribution in [0.2, 0.25) is 0 Å². The minimum absolute atomic E-state index is 0.203. The lowest BCUT2D eigenvalue weighted by molar-refractivity contribution is 0.0948. The monoisotopic (exact) mass is 299 g/mol. The molecule has 2 N–H and O–H groups in total. The molecule has 114 valence electrons. The number of H-pyrrole nitrogens is 1. The van der Waals surface area contributed by atoms with Crippen molar-refractivity contribution in [3.8, 4) is 11.5 Å². The Morgan fingerprint density at radius 3 is 3.00 bits per heavy atom. The van der Waals surface area contributed by atoms with Crippen LogP contribution in [0.5, 0.6) is 0 Å². The number of hydrogen-bond donors (Lipinski definition) is 2. The summed E-state index contributed by atoms with van der Waals surface area (Å²) in [7, 11) is 0. The summed E-state index contributed by atoms with van der Waals surface area (Å²) in [5.74, 6) is 2.20. The van der Waals surface area contributed by atoms with Gasteiger partial charge in [0.1, 0.15) is 17.2 Å². The molecule has 1 amide bonds. The second-order valence-corrected chi connectivity index (χ2v) is 5.02. The Labute approximate surface area is 127 Å². The average molecular weight is 299 g/mol. The Morgan fingerprint density at radius 2 is 2.27 bits per heavy atom. The van der Waals surface area contributed by atoms with Gasteiger partial charge in [-0.3, -0.25) is 9.89 Å². The predicted molar refractivity (Wildman–Crippen MR) is 80.4 cm³/mol. The SMILES string of the molecule is Cc1ccc(-c2cc(C(=O)NCCCc3ccco3)n[nH]2)o1. The summed E-state index contributed by atoms with van der Waals surface area (Å²) in [4.78, 5) is 12.0. The Kier molecular flexibility index (Phi) is 4.09. The van der Waals surface area contributed by atoms with Gasteiger partial charge in [-0.2, -0.15) is 5.10 Å². The summed E-state index contributed by atoms with van der Waals surface area (Å²) in [5, 5.41) is 9.66. The number of nitrogens with zero attached hydrogens (tertiary/aromatic N) is 1. The number of carbonyl (C=O) groups excluding carboxylic acids is 1. The van der Waals surface area contributed by atoms with Crippen molar-refractivity contribution in [3.63, 3.8) is 0 Å². The molecule has 3 aromatic heterocycles. The lowest BCUT2D eigenvalue weighted by Gasteiger charge is -2.01. The van der Waals surface area contributed by atoms with E-state index in [9.17, 15) is 4.79 Å². The standard InChI is InChI=1S/C16H17N3O3/c1-11-6-7-15(22-11)13-10-14(19-18-13)16(20)17-8-2-4-12-5-3-9-21-12/h3,5-7,9-10H,2,4,8H2,1H3,(H,17,20)(H,18,19). The zero-order valence-electron chi connectivity index (χ0n) is 12.3. The first-order valence-electron chi connectivity index (χ1n) is 7.15. The molecule has 0 aromatic carbocycles. The van der Waals surface area contributed by atoms with Gasteiger partial charge in [-0.15, -0.1) is 0 Å². The molecular formula is C16H17N3O3. The average Bonchev–Trinajstić information content (AvgIpc) is 3.24. The maximum absolute atomic E-state index is 12.0. The summed E-state index contributed by atoms with van der Waals surface area (Å²) in [6.07, 6.45) is 3.26. The number of aromatic amines is 1. The van der Waals surface area contributed by atoms with Crippen LogP contribution in [0.25, 0.3) is 11.5 Å². The van der Waals surface area contributed by atoms with Gasteiger partial charge in [0, 0.05) is 19.0 Å². The van der Waals surface area contributed by atoms with Crippen LogP contribution >= 0.6 is 0 Å². The van der Waals surface area contributed by atoms with Gasteiger partial charge in [-0.25, -0.2) is 0 Å². The van der Waals surface area contributed by atoms with Gasteiger partial charge in [-0.1, -0.05) is 0 Å². The van der Waals surface area contributed by atoms with Crippen molar-refractivity contribution < 1.29 is 13.6 Å². The van der Waals surface area contributed by atoms with Gasteiger partial charge < -0.3 is 14.2 Å². The number of furan rings is 2. The van der Waals surface area contributed by atoms with E-state index in [0.717, 1.165) is 24.4 Å². The van der Waals surface area contributed by atoms with E-state index in [1.165, 1.54) is 0 Å². The van der Waals surface area contributed by atoms with Crippen molar-refractivity contribution >= 4 is 5.91 Å². The van der Waals surface area contributed by atoms with Gasteiger partial charge in [-0.05, 0) is 37.6 Å². The molecule has 0 fully saturated rings. The molecule has 0 atom stereocenters. The highest BCUT2D eigenvalue weighted by molar-refractivity contribution is 5.93. The molecule has 0 aliphatic rings. The normalized spacial score (nSPS) is 10.8. The second kappa shape index (κ2) is 6.34. The molecule has 0 saturated carbocycles. The van der Waals surface area contributed by atoms with Crippen LogP contribution < -0.4 is 5.32 Å². The Hall–Kier alpha value is -2.76. The minimum atomic E-state index is -0.203. The molecule has 0 aliphatic carbocycles. The number of carbonyl (C=O) groups is 1. The fourth-order valence-corrected chi connectivity index (χ4v) is 2.15. The van der Waals surface area contributed by atoms with E-state index in [4.69, 9.17) is 8.83 Å². The molecule has 0 radical (unpaired) electrons. The lowest BCUT2D eigenvalue weighted by atomic mass is 10.2. The third-order valence-electron chi connectivity index (χ3n) is 3.28. The lowest BCUT2D eigenvalue weighted by Crippen LogP contribution is -2.25. The minimum Gasteiger partial charge on any atom is -0.469 e. The fourth-order valence-electron chi connectivity index (χ4n) is 2.15. The number of aryl methyl sites for hydroxylation is 2. The zero-order valence-corrected chi connectivity index (χ0v) is 12.3. The topological polar surface area (TPSA) is 84.1 Å². The first kappa shape index (κ1) is 14.2. The van der Waals surface area contributed by atoms with Crippen molar-refractivity contribution in [2.24, 2.45) is 0 Å². The largest absolute Gasteiger partial charge is 0.469 e. The fraction of sp³-hybridized carbons (Fsp3) is 0.250. The first-order chi connectivity index (χ1) is 10.7. The Bertz CT molecular complexity index is 740. The summed E-state index contributed by atoms with van der Waals surface area (Å²) in [6.45, 7) is 2.44. The van der Waals surface area contributed by atoms with Crippen molar-refractivity contribution in [2.75, 3.05) is 6.54 Å². The quantitative estimate of drug-likeness (QED) is 0.685. The number of nitrogens with one attached hydrogen (secondary N) is 2. The molecule has 22 heavy (non-hydrogen) atoms. The van der Waals surface area contributed by atoms with Crippen LogP contribution in [0.1, 0.15) is 28.4 Å². The third kappa shape index (κ3) is 3.28. The summed E-state index contributed by atoms with van der Waals surface area (Å²) < 4.78 is 10.7. The summed E-state index contributed by atoms with van der Waals surface area (Å²) in [6, 6.07) is 9.17.